The Kier molecular flexibility index (Phi) is 6.02. The van der Waals surface area contributed by atoms with Gasteiger partial charge in [0.05, 0.1) is 6.61 Å². The van der Waals surface area contributed by atoms with E-state index < -0.39 is 12.8 Å². The van der Waals surface area contributed by atoms with Crippen molar-refractivity contribution in [2.24, 2.45) is 5.84 Å². The minimum absolute atomic E-state index is 0.0101. The monoisotopic (exact) mass is 200 g/mol. The fourth-order valence-corrected chi connectivity index (χ4v) is 0.880. The Morgan fingerprint density at radius 1 is 1.46 bits per heavy atom. The van der Waals surface area contributed by atoms with E-state index in [-0.39, 0.29) is 12.6 Å². The zero-order chi connectivity index (χ0) is 10.3. The standard InChI is InChI=1S/C7H15F3N2O/c1-2-3-6(12-11)4-13-5-7(8,9)10/h6,12H,2-5,11H2,1H3. The molecule has 0 spiro atoms. The molecule has 0 fully saturated rings. The van der Waals surface area contributed by atoms with Crippen molar-refractivity contribution in [3.8, 4) is 0 Å². The summed E-state index contributed by atoms with van der Waals surface area (Å²) in [5.74, 6) is 5.10. The van der Waals surface area contributed by atoms with Crippen molar-refractivity contribution < 1.29 is 17.9 Å². The molecule has 0 aromatic carbocycles. The van der Waals surface area contributed by atoms with Gasteiger partial charge in [-0.2, -0.15) is 13.2 Å². The van der Waals surface area contributed by atoms with E-state index in [9.17, 15) is 13.2 Å². The summed E-state index contributed by atoms with van der Waals surface area (Å²) in [6.45, 7) is 0.701. The first-order chi connectivity index (χ1) is 5.99. The van der Waals surface area contributed by atoms with E-state index in [1.54, 1.807) is 0 Å². The third kappa shape index (κ3) is 8.01. The minimum atomic E-state index is -4.26. The fourth-order valence-electron chi connectivity index (χ4n) is 0.880. The van der Waals surface area contributed by atoms with E-state index >= 15 is 0 Å². The smallest absolute Gasteiger partial charge is 0.370 e. The second kappa shape index (κ2) is 6.17. The van der Waals surface area contributed by atoms with Gasteiger partial charge in [-0.15, -0.1) is 0 Å². The maximum atomic E-state index is 11.6. The number of hydrogen-bond acceptors (Lipinski definition) is 3. The highest BCUT2D eigenvalue weighted by molar-refractivity contribution is 4.61. The fraction of sp³-hybridized carbons (Fsp3) is 1.00. The molecule has 0 saturated carbocycles. The topological polar surface area (TPSA) is 47.3 Å². The van der Waals surface area contributed by atoms with Crippen molar-refractivity contribution in [3.63, 3.8) is 0 Å². The highest BCUT2D eigenvalue weighted by atomic mass is 19.4. The molecule has 0 aliphatic rings. The number of nitrogens with one attached hydrogen (secondary N) is 1. The average molecular weight is 200 g/mol. The van der Waals surface area contributed by atoms with Crippen molar-refractivity contribution in [3.05, 3.63) is 0 Å². The lowest BCUT2D eigenvalue weighted by molar-refractivity contribution is -0.175. The van der Waals surface area contributed by atoms with Gasteiger partial charge in [-0.05, 0) is 6.42 Å². The lowest BCUT2D eigenvalue weighted by Crippen LogP contribution is -2.39. The van der Waals surface area contributed by atoms with Crippen molar-refractivity contribution in [2.75, 3.05) is 13.2 Å². The molecule has 6 heteroatoms. The first-order valence-corrected chi connectivity index (χ1v) is 4.10. The van der Waals surface area contributed by atoms with Gasteiger partial charge in [0.2, 0.25) is 0 Å². The Bertz CT molecular complexity index is 129. The molecule has 0 aromatic heterocycles. The maximum Gasteiger partial charge on any atom is 0.411 e. The number of hydrogen-bond donors (Lipinski definition) is 2. The molecule has 0 aliphatic heterocycles. The molecular formula is C7H15F3N2O. The van der Waals surface area contributed by atoms with Gasteiger partial charge in [-0.3, -0.25) is 11.3 Å². The van der Waals surface area contributed by atoms with Crippen LogP contribution in [0.15, 0.2) is 0 Å². The van der Waals surface area contributed by atoms with E-state index in [4.69, 9.17) is 5.84 Å². The summed E-state index contributed by atoms with van der Waals surface area (Å²) < 4.78 is 39.3. The molecule has 3 N–H and O–H groups in total. The van der Waals surface area contributed by atoms with Crippen LogP contribution in [0.4, 0.5) is 13.2 Å². The molecule has 3 nitrogen and oxygen atoms in total. The Balaban J connectivity index is 3.49. The van der Waals surface area contributed by atoms with Crippen LogP contribution in [0, 0.1) is 0 Å². The summed E-state index contributed by atoms with van der Waals surface area (Å²) in [5, 5.41) is 0. The Morgan fingerprint density at radius 3 is 2.46 bits per heavy atom. The summed E-state index contributed by atoms with van der Waals surface area (Å²) >= 11 is 0. The lowest BCUT2D eigenvalue weighted by atomic mass is 10.2. The van der Waals surface area contributed by atoms with Crippen LogP contribution in [-0.4, -0.2) is 25.4 Å². The van der Waals surface area contributed by atoms with Crippen molar-refractivity contribution in [1.82, 2.24) is 5.43 Å². The predicted molar refractivity (Wildman–Crippen MR) is 42.9 cm³/mol. The molecular weight excluding hydrogens is 185 g/mol. The summed E-state index contributed by atoms with van der Waals surface area (Å²) in [6.07, 6.45) is -2.70. The van der Waals surface area contributed by atoms with Crippen LogP contribution in [0.3, 0.4) is 0 Å². The van der Waals surface area contributed by atoms with Crippen LogP contribution >= 0.6 is 0 Å². The number of rotatable bonds is 6. The van der Waals surface area contributed by atoms with Crippen LogP contribution in [0.2, 0.25) is 0 Å². The van der Waals surface area contributed by atoms with Gasteiger partial charge in [-0.25, -0.2) is 0 Å². The Morgan fingerprint density at radius 2 is 2.08 bits per heavy atom. The summed E-state index contributed by atoms with van der Waals surface area (Å²) in [4.78, 5) is 0. The quantitative estimate of drug-likeness (QED) is 0.500. The molecule has 80 valence electrons. The third-order valence-corrected chi connectivity index (χ3v) is 1.46. The highest BCUT2D eigenvalue weighted by Gasteiger charge is 2.27. The van der Waals surface area contributed by atoms with Crippen molar-refractivity contribution in [1.29, 1.82) is 0 Å². The molecule has 13 heavy (non-hydrogen) atoms. The van der Waals surface area contributed by atoms with E-state index in [2.05, 4.69) is 10.2 Å². The van der Waals surface area contributed by atoms with Crippen LogP contribution in [0.25, 0.3) is 0 Å². The first-order valence-electron chi connectivity index (χ1n) is 4.10. The average Bonchev–Trinajstić information content (AvgIpc) is 2.01. The van der Waals surface area contributed by atoms with E-state index in [1.165, 1.54) is 0 Å². The second-order valence-corrected chi connectivity index (χ2v) is 2.78. The normalized spacial score (nSPS) is 14.5. The van der Waals surface area contributed by atoms with Crippen LogP contribution < -0.4 is 11.3 Å². The molecule has 0 rings (SSSR count). The van der Waals surface area contributed by atoms with Gasteiger partial charge in [-0.1, -0.05) is 13.3 Å². The molecule has 0 amide bonds. The SMILES string of the molecule is CCCC(COCC(F)(F)F)NN. The van der Waals surface area contributed by atoms with Gasteiger partial charge in [0.25, 0.3) is 0 Å². The molecule has 0 radical (unpaired) electrons. The molecule has 0 aliphatic carbocycles. The molecule has 0 bridgehead atoms. The zero-order valence-corrected chi connectivity index (χ0v) is 7.53. The van der Waals surface area contributed by atoms with Crippen molar-refractivity contribution in [2.45, 2.75) is 32.0 Å². The van der Waals surface area contributed by atoms with Gasteiger partial charge < -0.3 is 4.74 Å². The number of halogens is 3. The predicted octanol–water partition coefficient (Wildman–Crippen LogP) is 1.20. The largest absolute Gasteiger partial charge is 0.411 e. The molecule has 1 atom stereocenters. The summed E-state index contributed by atoms with van der Waals surface area (Å²) in [5.41, 5.74) is 2.40. The zero-order valence-electron chi connectivity index (χ0n) is 7.53. The van der Waals surface area contributed by atoms with E-state index in [1.807, 2.05) is 6.92 Å². The number of ether oxygens (including phenoxy) is 1. The van der Waals surface area contributed by atoms with Gasteiger partial charge in [0.15, 0.2) is 0 Å². The third-order valence-electron chi connectivity index (χ3n) is 1.46. The van der Waals surface area contributed by atoms with Gasteiger partial charge >= 0.3 is 6.18 Å². The van der Waals surface area contributed by atoms with Crippen LogP contribution in [0.1, 0.15) is 19.8 Å². The Labute approximate surface area is 75.4 Å². The number of hydrazine groups is 1. The second-order valence-electron chi connectivity index (χ2n) is 2.78. The summed E-state index contributed by atoms with van der Waals surface area (Å²) in [7, 11) is 0. The van der Waals surface area contributed by atoms with Gasteiger partial charge in [0, 0.05) is 6.04 Å². The highest BCUT2D eigenvalue weighted by Crippen LogP contribution is 2.14. The lowest BCUT2D eigenvalue weighted by Gasteiger charge is -2.15. The number of alkyl halides is 3. The first kappa shape index (κ1) is 12.7. The van der Waals surface area contributed by atoms with Crippen LogP contribution in [-0.2, 0) is 4.74 Å². The minimum Gasteiger partial charge on any atom is -0.370 e. The maximum absolute atomic E-state index is 11.6. The molecule has 0 aromatic rings. The molecule has 1 unspecified atom stereocenters. The number of nitrogens with two attached hydrogens (primary N) is 1. The van der Waals surface area contributed by atoms with Crippen LogP contribution in [0.5, 0.6) is 0 Å². The molecule has 0 saturated heterocycles. The van der Waals surface area contributed by atoms with Gasteiger partial charge in [0.1, 0.15) is 6.61 Å². The molecule has 0 heterocycles. The van der Waals surface area contributed by atoms with E-state index in [0.29, 0.717) is 6.42 Å². The van der Waals surface area contributed by atoms with E-state index in [0.717, 1.165) is 6.42 Å². The Hall–Kier alpha value is -0.330. The summed E-state index contributed by atoms with van der Waals surface area (Å²) in [6, 6.07) is -0.202. The van der Waals surface area contributed by atoms with Crippen molar-refractivity contribution >= 4 is 0 Å².